The van der Waals surface area contributed by atoms with Crippen molar-refractivity contribution in [3.05, 3.63) is 108 Å². The van der Waals surface area contributed by atoms with E-state index in [1.165, 1.54) is 0 Å². The third-order valence-electron chi connectivity index (χ3n) is 6.08. The number of alkyl carbamates (subject to hydrolysis) is 1. The number of carboxylic acid groups (broad SMARTS) is 1. The number of ether oxygens (including phenoxy) is 1. The fourth-order valence-electron chi connectivity index (χ4n) is 4.48. The van der Waals surface area contributed by atoms with Crippen LogP contribution in [0.25, 0.3) is 21.9 Å². The second-order valence-corrected chi connectivity index (χ2v) is 8.14. The van der Waals surface area contributed by atoms with Crippen LogP contribution < -0.4 is 5.32 Å². The van der Waals surface area contributed by atoms with E-state index in [4.69, 9.17) is 6.11 Å². The lowest BCUT2D eigenvalue weighted by atomic mass is 9.98. The number of carboxylic acids is 1. The summed E-state index contributed by atoms with van der Waals surface area (Å²) in [5.74, 6) is -1.29. The maximum Gasteiger partial charge on any atom is 0.407 e. The Morgan fingerprint density at radius 2 is 1.48 bits per heavy atom. The molecule has 33 heavy (non-hydrogen) atoms. The van der Waals surface area contributed by atoms with Gasteiger partial charge >= 0.3 is 12.1 Å². The summed E-state index contributed by atoms with van der Waals surface area (Å²) >= 11 is 0. The quantitative estimate of drug-likeness (QED) is 0.424. The summed E-state index contributed by atoms with van der Waals surface area (Å²) in [6.45, 7) is 0.103. The second-order valence-electron chi connectivity index (χ2n) is 8.14. The Morgan fingerprint density at radius 3 is 2.15 bits per heavy atom. The molecular weight excluding hydrogens is 414 g/mol. The minimum absolute atomic E-state index is 0.0107. The van der Waals surface area contributed by atoms with Crippen molar-refractivity contribution in [3.8, 4) is 11.1 Å². The van der Waals surface area contributed by atoms with Gasteiger partial charge in [-0.3, -0.25) is 0 Å². The van der Waals surface area contributed by atoms with Crippen molar-refractivity contribution in [1.82, 2.24) is 5.32 Å². The summed E-state index contributed by atoms with van der Waals surface area (Å²) in [7, 11) is 0. The Morgan fingerprint density at radius 1 is 0.879 bits per heavy atom. The van der Waals surface area contributed by atoms with Crippen molar-refractivity contribution in [3.63, 3.8) is 0 Å². The maximum absolute atomic E-state index is 12.6. The van der Waals surface area contributed by atoms with Crippen LogP contribution in [-0.2, 0) is 16.0 Å². The van der Waals surface area contributed by atoms with E-state index in [0.29, 0.717) is 5.56 Å². The number of fused-ring (bicyclic) bond motifs is 4. The van der Waals surface area contributed by atoms with Gasteiger partial charge in [0.05, 0.1) is 1.37 Å². The number of hydrogen-bond acceptors (Lipinski definition) is 3. The van der Waals surface area contributed by atoms with Gasteiger partial charge in [-0.25, -0.2) is 9.59 Å². The lowest BCUT2D eigenvalue weighted by Crippen LogP contribution is -2.42. The van der Waals surface area contributed by atoms with Crippen LogP contribution in [0, 0.1) is 0 Å². The van der Waals surface area contributed by atoms with Gasteiger partial charge in [0.25, 0.3) is 0 Å². The van der Waals surface area contributed by atoms with Crippen LogP contribution in [0.3, 0.4) is 0 Å². The Bertz CT molecular complexity index is 1350. The lowest BCUT2D eigenvalue weighted by molar-refractivity contribution is -0.139. The molecule has 0 spiro atoms. The molecule has 164 valence electrons. The average molecular weight is 439 g/mol. The molecule has 0 saturated heterocycles. The zero-order valence-electron chi connectivity index (χ0n) is 18.8. The average Bonchev–Trinajstić information content (AvgIpc) is 3.17. The molecule has 0 bridgehead atoms. The fourth-order valence-corrected chi connectivity index (χ4v) is 4.48. The third kappa shape index (κ3) is 4.17. The van der Waals surface area contributed by atoms with Gasteiger partial charge in [-0.2, -0.15) is 0 Å². The number of carbonyl (C=O) groups is 2. The highest BCUT2D eigenvalue weighted by Crippen LogP contribution is 2.44. The summed E-state index contributed by atoms with van der Waals surface area (Å²) < 4.78 is 13.9. The van der Waals surface area contributed by atoms with Crippen molar-refractivity contribution in [2.45, 2.75) is 18.4 Å². The van der Waals surface area contributed by atoms with Gasteiger partial charge in [0.2, 0.25) is 0 Å². The van der Waals surface area contributed by atoms with Gasteiger partial charge in [0.1, 0.15) is 12.6 Å². The molecule has 0 unspecified atom stereocenters. The van der Waals surface area contributed by atoms with Crippen LogP contribution in [0.15, 0.2) is 91.0 Å². The summed E-state index contributed by atoms with van der Waals surface area (Å²) in [6.07, 6.45) is -0.801. The van der Waals surface area contributed by atoms with Crippen molar-refractivity contribution < 1.29 is 20.8 Å². The van der Waals surface area contributed by atoms with Crippen molar-refractivity contribution >= 4 is 22.8 Å². The van der Waals surface area contributed by atoms with E-state index in [0.717, 1.165) is 33.0 Å². The Balaban J connectivity index is 1.29. The summed E-state index contributed by atoms with van der Waals surface area (Å²) in [6, 6.07) is 26.1. The number of benzene rings is 4. The highest BCUT2D eigenvalue weighted by molar-refractivity contribution is 5.84. The van der Waals surface area contributed by atoms with E-state index >= 15 is 0 Å². The molecule has 5 heteroatoms. The van der Waals surface area contributed by atoms with Gasteiger partial charge in [-0.15, -0.1) is 0 Å². The van der Waals surface area contributed by atoms with Crippen molar-refractivity contribution in [2.24, 2.45) is 0 Å². The normalized spacial score (nSPS) is 13.6. The molecule has 4 aromatic rings. The highest BCUT2D eigenvalue weighted by atomic mass is 16.5. The Labute approximate surface area is 193 Å². The van der Waals surface area contributed by atoms with Gasteiger partial charge in [-0.05, 0) is 38.6 Å². The predicted octanol–water partition coefficient (Wildman–Crippen LogP) is 5.37. The summed E-state index contributed by atoms with van der Waals surface area (Å²) in [5, 5.41) is 13.8. The van der Waals surface area contributed by atoms with Crippen LogP contribution in [0.1, 0.15) is 24.0 Å². The molecule has 1 atom stereocenters. The minimum Gasteiger partial charge on any atom is -0.480 e. The molecule has 1 amide bonds. The molecular formula is C28H23NO4. The molecule has 0 fully saturated rings. The van der Waals surface area contributed by atoms with Crippen LogP contribution in [0.5, 0.6) is 0 Å². The van der Waals surface area contributed by atoms with Crippen LogP contribution in [0.2, 0.25) is 0 Å². The van der Waals surface area contributed by atoms with E-state index < -0.39 is 18.1 Å². The van der Waals surface area contributed by atoms with Gasteiger partial charge in [0.15, 0.2) is 0 Å². The van der Waals surface area contributed by atoms with Crippen LogP contribution in [-0.4, -0.2) is 29.8 Å². The molecule has 4 aromatic carbocycles. The molecule has 0 heterocycles. The molecule has 0 saturated carbocycles. The first-order chi connectivity index (χ1) is 16.5. The monoisotopic (exact) mass is 438 g/mol. The molecule has 0 radical (unpaired) electrons. The van der Waals surface area contributed by atoms with Crippen LogP contribution in [0.4, 0.5) is 4.79 Å². The molecule has 5 rings (SSSR count). The van der Waals surface area contributed by atoms with Crippen molar-refractivity contribution in [2.75, 3.05) is 6.61 Å². The first-order valence-electron chi connectivity index (χ1n) is 11.3. The summed E-state index contributed by atoms with van der Waals surface area (Å²) in [5.41, 5.74) is 4.96. The largest absolute Gasteiger partial charge is 0.480 e. The SMILES string of the molecule is [2H]c1c(C[C@H](NC(=O)OCC2c3ccccc3-c3ccccc32)C(=O)O)ccc2ccccc12. The fraction of sp³-hybridized carbons (Fsp3) is 0.143. The standard InChI is InChI=1S/C28H23NO4/c30-27(31)26(16-18-13-14-19-7-1-2-8-20(19)15-18)29-28(32)33-17-25-23-11-5-3-9-21(23)22-10-4-6-12-24(22)25/h1-15,25-26H,16-17H2,(H,29,32)(H,30,31)/t26-/m0/s1/i15D. The van der Waals surface area contributed by atoms with E-state index in [1.807, 2.05) is 66.7 Å². The van der Waals surface area contributed by atoms with Crippen LogP contribution >= 0.6 is 0 Å². The molecule has 1 aliphatic rings. The number of nitrogens with one attached hydrogen (secondary N) is 1. The molecule has 0 aliphatic heterocycles. The third-order valence-corrected chi connectivity index (χ3v) is 6.08. The van der Waals surface area contributed by atoms with Gasteiger partial charge in [-0.1, -0.05) is 91.0 Å². The summed E-state index contributed by atoms with van der Waals surface area (Å²) in [4.78, 5) is 24.5. The maximum atomic E-state index is 12.6. The molecule has 0 aromatic heterocycles. The number of rotatable bonds is 6. The molecule has 1 aliphatic carbocycles. The van der Waals surface area contributed by atoms with E-state index in [2.05, 4.69) is 17.4 Å². The first kappa shape index (κ1) is 19.6. The lowest BCUT2D eigenvalue weighted by Gasteiger charge is -2.17. The van der Waals surface area contributed by atoms with E-state index in [9.17, 15) is 14.7 Å². The zero-order valence-corrected chi connectivity index (χ0v) is 17.8. The second kappa shape index (κ2) is 8.79. The van der Waals surface area contributed by atoms with Gasteiger partial charge < -0.3 is 15.2 Å². The molecule has 5 nitrogen and oxygen atoms in total. The smallest absolute Gasteiger partial charge is 0.407 e. The number of aliphatic carboxylic acids is 1. The number of amides is 1. The van der Waals surface area contributed by atoms with Gasteiger partial charge in [0, 0.05) is 12.3 Å². The zero-order chi connectivity index (χ0) is 23.7. The molecule has 2 N–H and O–H groups in total. The topological polar surface area (TPSA) is 75.6 Å². The number of hydrogen-bond donors (Lipinski definition) is 2. The minimum atomic E-state index is -1.21. The van der Waals surface area contributed by atoms with E-state index in [-0.39, 0.29) is 25.0 Å². The van der Waals surface area contributed by atoms with E-state index in [1.54, 1.807) is 6.07 Å². The number of carbonyl (C=O) groups excluding carboxylic acids is 1. The Hall–Kier alpha value is -4.12. The highest BCUT2D eigenvalue weighted by Gasteiger charge is 2.29. The first-order valence-corrected chi connectivity index (χ1v) is 10.8. The Kier molecular flexibility index (Phi) is 5.21. The van der Waals surface area contributed by atoms with Crippen molar-refractivity contribution in [1.29, 1.82) is 0 Å². The predicted molar refractivity (Wildman–Crippen MR) is 127 cm³/mol.